The highest BCUT2D eigenvalue weighted by Gasteiger charge is 2.13. The maximum Gasteiger partial charge on any atom is 0.158 e. The summed E-state index contributed by atoms with van der Waals surface area (Å²) < 4.78 is 12.1. The Morgan fingerprint density at radius 1 is 1.28 bits per heavy atom. The van der Waals surface area contributed by atoms with E-state index >= 15 is 0 Å². The van der Waals surface area contributed by atoms with Crippen LogP contribution in [0.25, 0.3) is 5.69 Å². The molecule has 0 saturated carbocycles. The van der Waals surface area contributed by atoms with Crippen molar-refractivity contribution in [2.75, 3.05) is 20.8 Å². The Balaban J connectivity index is 2.50. The van der Waals surface area contributed by atoms with E-state index in [4.69, 9.17) is 15.2 Å². The molecule has 1 aromatic heterocycles. The van der Waals surface area contributed by atoms with Crippen LogP contribution in [0.4, 0.5) is 0 Å². The van der Waals surface area contributed by atoms with Gasteiger partial charge in [-0.05, 0) is 29.1 Å². The third-order valence-electron chi connectivity index (χ3n) is 2.52. The molecule has 7 heteroatoms. The number of rotatable bonds is 5. The van der Waals surface area contributed by atoms with Crippen LogP contribution in [-0.2, 0) is 6.42 Å². The highest BCUT2D eigenvalue weighted by molar-refractivity contribution is 5.51. The molecule has 0 spiro atoms. The Morgan fingerprint density at radius 3 is 2.78 bits per heavy atom. The molecule has 0 bridgehead atoms. The maximum absolute atomic E-state index is 5.53. The van der Waals surface area contributed by atoms with E-state index in [2.05, 4.69) is 15.5 Å². The van der Waals surface area contributed by atoms with Crippen molar-refractivity contribution >= 4 is 0 Å². The average molecular weight is 249 g/mol. The summed E-state index contributed by atoms with van der Waals surface area (Å²) in [7, 11) is 3.20. The van der Waals surface area contributed by atoms with E-state index in [0.29, 0.717) is 30.3 Å². The standard InChI is InChI=1S/C11H15N5O2/c1-17-8-3-4-10(18-2)9(7-8)16-11(5-6-12)13-14-15-16/h3-4,7H,5-6,12H2,1-2H3. The lowest BCUT2D eigenvalue weighted by Crippen LogP contribution is -2.10. The van der Waals surface area contributed by atoms with Gasteiger partial charge in [-0.2, -0.15) is 4.68 Å². The molecule has 7 nitrogen and oxygen atoms in total. The molecule has 0 unspecified atom stereocenters. The lowest BCUT2D eigenvalue weighted by Gasteiger charge is -2.10. The first-order valence-corrected chi connectivity index (χ1v) is 5.50. The van der Waals surface area contributed by atoms with Gasteiger partial charge in [-0.3, -0.25) is 0 Å². The van der Waals surface area contributed by atoms with Gasteiger partial charge in [-0.25, -0.2) is 0 Å². The fourth-order valence-electron chi connectivity index (χ4n) is 1.64. The number of methoxy groups -OCH3 is 2. The molecule has 2 N–H and O–H groups in total. The van der Waals surface area contributed by atoms with Gasteiger partial charge in [0.1, 0.15) is 17.2 Å². The maximum atomic E-state index is 5.53. The van der Waals surface area contributed by atoms with Crippen molar-refractivity contribution in [3.8, 4) is 17.2 Å². The molecule has 1 heterocycles. The van der Waals surface area contributed by atoms with Crippen LogP contribution >= 0.6 is 0 Å². The second-order valence-corrected chi connectivity index (χ2v) is 3.58. The van der Waals surface area contributed by atoms with Gasteiger partial charge < -0.3 is 15.2 Å². The van der Waals surface area contributed by atoms with Crippen molar-refractivity contribution in [1.82, 2.24) is 20.2 Å². The zero-order chi connectivity index (χ0) is 13.0. The van der Waals surface area contributed by atoms with Gasteiger partial charge in [-0.15, -0.1) is 5.10 Å². The lowest BCUT2D eigenvalue weighted by atomic mass is 10.2. The van der Waals surface area contributed by atoms with Crippen molar-refractivity contribution < 1.29 is 9.47 Å². The predicted octanol–water partition coefficient (Wildman–Crippen LogP) is 0.181. The normalized spacial score (nSPS) is 10.4. The zero-order valence-electron chi connectivity index (χ0n) is 10.3. The van der Waals surface area contributed by atoms with E-state index in [-0.39, 0.29) is 0 Å². The van der Waals surface area contributed by atoms with Crippen molar-refractivity contribution in [2.45, 2.75) is 6.42 Å². The number of hydrogen-bond acceptors (Lipinski definition) is 6. The molecule has 96 valence electrons. The summed E-state index contributed by atoms with van der Waals surface area (Å²) >= 11 is 0. The summed E-state index contributed by atoms with van der Waals surface area (Å²) in [6.07, 6.45) is 0.591. The van der Waals surface area contributed by atoms with Crippen LogP contribution in [0, 0.1) is 0 Å². The molecule has 0 fully saturated rings. The van der Waals surface area contributed by atoms with Crippen molar-refractivity contribution in [2.24, 2.45) is 5.73 Å². The van der Waals surface area contributed by atoms with Crippen LogP contribution < -0.4 is 15.2 Å². The molecular formula is C11H15N5O2. The third kappa shape index (κ3) is 2.25. The van der Waals surface area contributed by atoms with Crippen LogP contribution in [0.5, 0.6) is 11.5 Å². The monoisotopic (exact) mass is 249 g/mol. The van der Waals surface area contributed by atoms with E-state index in [9.17, 15) is 0 Å². The SMILES string of the molecule is COc1ccc(OC)c(-n2nnnc2CCN)c1. The quantitative estimate of drug-likeness (QED) is 0.813. The number of nitrogens with two attached hydrogens (primary N) is 1. The smallest absolute Gasteiger partial charge is 0.158 e. The van der Waals surface area contributed by atoms with Gasteiger partial charge in [0.2, 0.25) is 0 Å². The number of ether oxygens (including phenoxy) is 2. The summed E-state index contributed by atoms with van der Waals surface area (Å²) in [5, 5.41) is 11.6. The van der Waals surface area contributed by atoms with Gasteiger partial charge >= 0.3 is 0 Å². The summed E-state index contributed by atoms with van der Waals surface area (Å²) in [5.41, 5.74) is 6.26. The summed E-state index contributed by atoms with van der Waals surface area (Å²) in [6.45, 7) is 0.479. The summed E-state index contributed by atoms with van der Waals surface area (Å²) in [5.74, 6) is 2.06. The van der Waals surface area contributed by atoms with E-state index in [1.54, 1.807) is 18.9 Å². The topological polar surface area (TPSA) is 88.1 Å². The molecule has 18 heavy (non-hydrogen) atoms. The minimum absolute atomic E-state index is 0.479. The van der Waals surface area contributed by atoms with Crippen LogP contribution in [0.15, 0.2) is 18.2 Å². The Morgan fingerprint density at radius 2 is 2.11 bits per heavy atom. The molecule has 1 aromatic carbocycles. The highest BCUT2D eigenvalue weighted by Crippen LogP contribution is 2.27. The third-order valence-corrected chi connectivity index (χ3v) is 2.52. The largest absolute Gasteiger partial charge is 0.497 e. The van der Waals surface area contributed by atoms with Crippen LogP contribution in [0.2, 0.25) is 0 Å². The molecule has 2 aromatic rings. The van der Waals surface area contributed by atoms with Gasteiger partial charge in [0.05, 0.1) is 14.2 Å². The molecule has 0 aliphatic heterocycles. The molecule has 0 amide bonds. The lowest BCUT2D eigenvalue weighted by molar-refractivity contribution is 0.400. The molecule has 0 aliphatic carbocycles. The molecule has 0 radical (unpaired) electrons. The van der Waals surface area contributed by atoms with Crippen LogP contribution in [0.1, 0.15) is 5.82 Å². The van der Waals surface area contributed by atoms with E-state index in [1.807, 2.05) is 18.2 Å². The van der Waals surface area contributed by atoms with Gasteiger partial charge in [0.25, 0.3) is 0 Å². The van der Waals surface area contributed by atoms with Gasteiger partial charge in [-0.1, -0.05) is 0 Å². The van der Waals surface area contributed by atoms with E-state index in [0.717, 1.165) is 5.69 Å². The number of benzene rings is 1. The van der Waals surface area contributed by atoms with Crippen molar-refractivity contribution in [3.63, 3.8) is 0 Å². The number of nitrogens with zero attached hydrogens (tertiary/aromatic N) is 4. The summed E-state index contributed by atoms with van der Waals surface area (Å²) in [6, 6.07) is 5.44. The van der Waals surface area contributed by atoms with Gasteiger partial charge in [0.15, 0.2) is 5.82 Å². The first kappa shape index (κ1) is 12.3. The molecule has 2 rings (SSSR count). The minimum atomic E-state index is 0.479. The Hall–Kier alpha value is -2.15. The fourth-order valence-corrected chi connectivity index (χ4v) is 1.64. The Kier molecular flexibility index (Phi) is 3.73. The number of tetrazole rings is 1. The first-order valence-electron chi connectivity index (χ1n) is 5.50. The summed E-state index contributed by atoms with van der Waals surface area (Å²) in [4.78, 5) is 0. The Bertz CT molecular complexity index is 526. The molecule has 0 aliphatic rings. The zero-order valence-corrected chi connectivity index (χ0v) is 10.3. The van der Waals surface area contributed by atoms with E-state index < -0.39 is 0 Å². The molecule has 0 saturated heterocycles. The number of hydrogen-bond donors (Lipinski definition) is 1. The second-order valence-electron chi connectivity index (χ2n) is 3.58. The second kappa shape index (κ2) is 5.46. The average Bonchev–Trinajstić information content (AvgIpc) is 2.86. The fraction of sp³-hybridized carbons (Fsp3) is 0.364. The first-order chi connectivity index (χ1) is 8.80. The highest BCUT2D eigenvalue weighted by atomic mass is 16.5. The predicted molar refractivity (Wildman–Crippen MR) is 65.0 cm³/mol. The van der Waals surface area contributed by atoms with Crippen LogP contribution in [0.3, 0.4) is 0 Å². The molecule has 0 atom stereocenters. The van der Waals surface area contributed by atoms with E-state index in [1.165, 1.54) is 0 Å². The molecular weight excluding hydrogens is 234 g/mol. The van der Waals surface area contributed by atoms with Crippen molar-refractivity contribution in [1.29, 1.82) is 0 Å². The Labute approximate surface area is 104 Å². The minimum Gasteiger partial charge on any atom is -0.497 e. The number of aromatic nitrogens is 4. The van der Waals surface area contributed by atoms with Crippen molar-refractivity contribution in [3.05, 3.63) is 24.0 Å². The van der Waals surface area contributed by atoms with Gasteiger partial charge in [0, 0.05) is 12.5 Å². The van der Waals surface area contributed by atoms with Crippen LogP contribution in [-0.4, -0.2) is 41.0 Å².